The van der Waals surface area contributed by atoms with Gasteiger partial charge in [0.1, 0.15) is 11.8 Å². The molecule has 3 amide bonds. The zero-order valence-electron chi connectivity index (χ0n) is 27.3. The molecule has 2 aromatic rings. The van der Waals surface area contributed by atoms with Crippen LogP contribution in [-0.4, -0.2) is 78.6 Å². The molecule has 2 rings (SSSR count). The minimum atomic E-state index is -0.983. The highest BCUT2D eigenvalue weighted by Gasteiger charge is 2.28. The van der Waals surface area contributed by atoms with Gasteiger partial charge in [-0.15, -0.1) is 12.4 Å². The maximum absolute atomic E-state index is 13.6. The molecule has 0 fully saturated rings. The fraction of sp³-hybridized carbons (Fsp3) is 0.545. The molecule has 0 radical (unpaired) electrons. The minimum Gasteiger partial charge on any atom is -0.497 e. The second-order valence-corrected chi connectivity index (χ2v) is 10.7. The first kappa shape index (κ1) is 42.8. The standard InChI is InChI=1S/C33H50N4O6.ClH.OS/c1-5-11-26(12-6-2)43-23-29(36-32(40)18-17-31(39)34-3)33(41)37-28(20-24-13-8-7-9-14-24)30(38)22-35-21-25-15-10-16-27(19-25)42-4;;1-2/h7-10,13-16,19,26,28-30,35,38H,5-6,11-12,17-18,20-23H2,1-4H3,(H,34,39)(H,36,40)(H,37,41);1H;/t28-,29?,30+;;/m0../s1. The van der Waals surface area contributed by atoms with Gasteiger partial charge in [-0.2, -0.15) is 4.21 Å². The Balaban J connectivity index is 0.00000661. The summed E-state index contributed by atoms with van der Waals surface area (Å²) in [6, 6.07) is 15.6. The molecule has 0 heterocycles. The first-order valence-electron chi connectivity index (χ1n) is 15.4. The predicted molar refractivity (Wildman–Crippen MR) is 183 cm³/mol. The van der Waals surface area contributed by atoms with Crippen LogP contribution in [0.2, 0.25) is 0 Å². The van der Waals surface area contributed by atoms with E-state index in [0.29, 0.717) is 13.0 Å². The molecule has 258 valence electrons. The lowest BCUT2D eigenvalue weighted by atomic mass is 10.0. The molecular formula is C33H51ClN4O7S. The van der Waals surface area contributed by atoms with Crippen LogP contribution in [0.1, 0.15) is 63.5 Å². The smallest absolute Gasteiger partial charge is 0.245 e. The molecule has 13 heteroatoms. The second kappa shape index (κ2) is 26.0. The number of hydrogen-bond acceptors (Lipinski definition) is 9. The summed E-state index contributed by atoms with van der Waals surface area (Å²) in [5.41, 5.74) is 1.95. The van der Waals surface area contributed by atoms with Crippen LogP contribution in [0.3, 0.4) is 0 Å². The van der Waals surface area contributed by atoms with E-state index in [1.54, 1.807) is 7.11 Å². The Labute approximate surface area is 284 Å². The Bertz CT molecular complexity index is 1130. The molecule has 0 bridgehead atoms. The lowest BCUT2D eigenvalue weighted by molar-refractivity contribution is -0.133. The van der Waals surface area contributed by atoms with Crippen molar-refractivity contribution < 1.29 is 33.2 Å². The van der Waals surface area contributed by atoms with Crippen LogP contribution in [0.15, 0.2) is 54.6 Å². The van der Waals surface area contributed by atoms with E-state index in [9.17, 15) is 19.5 Å². The lowest BCUT2D eigenvalue weighted by Gasteiger charge is -2.28. The van der Waals surface area contributed by atoms with Crippen molar-refractivity contribution in [3.63, 3.8) is 0 Å². The molecule has 0 aliphatic rings. The molecular weight excluding hydrogens is 632 g/mol. The fourth-order valence-electron chi connectivity index (χ4n) is 4.71. The third-order valence-electron chi connectivity index (χ3n) is 7.14. The van der Waals surface area contributed by atoms with Crippen molar-refractivity contribution in [2.75, 3.05) is 27.3 Å². The zero-order chi connectivity index (χ0) is 33.5. The molecule has 11 nitrogen and oxygen atoms in total. The van der Waals surface area contributed by atoms with E-state index in [2.05, 4.69) is 47.6 Å². The number of ether oxygens (including phenoxy) is 2. The number of amides is 3. The Morgan fingerprint density at radius 2 is 1.52 bits per heavy atom. The largest absolute Gasteiger partial charge is 0.497 e. The van der Waals surface area contributed by atoms with Gasteiger partial charge in [0.2, 0.25) is 17.7 Å². The van der Waals surface area contributed by atoms with Gasteiger partial charge in [0, 0.05) is 33.0 Å². The van der Waals surface area contributed by atoms with Crippen LogP contribution in [0.5, 0.6) is 5.75 Å². The Hall–Kier alpha value is -3.16. The summed E-state index contributed by atoms with van der Waals surface area (Å²) < 4.78 is 19.2. The normalized spacial score (nSPS) is 12.4. The number of rotatable bonds is 21. The van der Waals surface area contributed by atoms with Crippen molar-refractivity contribution in [3.8, 4) is 5.75 Å². The molecule has 0 spiro atoms. The van der Waals surface area contributed by atoms with Gasteiger partial charge in [0.05, 0.1) is 32.0 Å². The maximum Gasteiger partial charge on any atom is 0.245 e. The first-order valence-corrected chi connectivity index (χ1v) is 15.8. The fourth-order valence-corrected chi connectivity index (χ4v) is 4.71. The molecule has 46 heavy (non-hydrogen) atoms. The highest BCUT2D eigenvalue weighted by Crippen LogP contribution is 2.13. The van der Waals surface area contributed by atoms with Crippen LogP contribution in [0.25, 0.3) is 0 Å². The van der Waals surface area contributed by atoms with Crippen molar-refractivity contribution >= 4 is 42.7 Å². The first-order chi connectivity index (χ1) is 21.8. The van der Waals surface area contributed by atoms with E-state index >= 15 is 0 Å². The van der Waals surface area contributed by atoms with Crippen molar-refractivity contribution in [2.24, 2.45) is 0 Å². The third kappa shape index (κ3) is 17.5. The van der Waals surface area contributed by atoms with Crippen LogP contribution in [-0.2, 0) is 44.6 Å². The van der Waals surface area contributed by atoms with E-state index in [-0.39, 0.29) is 50.4 Å². The molecule has 0 saturated carbocycles. The lowest BCUT2D eigenvalue weighted by Crippen LogP contribution is -2.56. The summed E-state index contributed by atoms with van der Waals surface area (Å²) in [4.78, 5) is 38.0. The van der Waals surface area contributed by atoms with Crippen molar-refractivity contribution in [3.05, 3.63) is 65.7 Å². The van der Waals surface area contributed by atoms with Crippen LogP contribution in [0, 0.1) is 0 Å². The minimum absolute atomic E-state index is 0. The summed E-state index contributed by atoms with van der Waals surface area (Å²) in [7, 11) is 3.12. The average Bonchev–Trinajstić information content (AvgIpc) is 3.06. The van der Waals surface area contributed by atoms with E-state index in [1.165, 1.54) is 7.05 Å². The molecule has 0 aliphatic carbocycles. The molecule has 2 aromatic carbocycles. The summed E-state index contributed by atoms with van der Waals surface area (Å²) in [5.74, 6) is -0.381. The van der Waals surface area contributed by atoms with Gasteiger partial charge in [-0.05, 0) is 42.5 Å². The van der Waals surface area contributed by atoms with Gasteiger partial charge in [0.15, 0.2) is 12.5 Å². The number of aliphatic hydroxyl groups excluding tert-OH is 1. The average molecular weight is 683 g/mol. The van der Waals surface area contributed by atoms with Gasteiger partial charge >= 0.3 is 0 Å². The van der Waals surface area contributed by atoms with Crippen LogP contribution < -0.4 is 26.0 Å². The summed E-state index contributed by atoms with van der Waals surface area (Å²) >= 11 is 2.83. The number of carbonyl (C=O) groups excluding carboxylic acids is 3. The number of hydrogen-bond donors (Lipinski definition) is 5. The molecule has 0 aromatic heterocycles. The van der Waals surface area contributed by atoms with E-state index < -0.39 is 30.0 Å². The molecule has 5 N–H and O–H groups in total. The highest BCUT2D eigenvalue weighted by atomic mass is 35.5. The molecule has 1 unspecified atom stereocenters. The predicted octanol–water partition coefficient (Wildman–Crippen LogP) is 2.96. The summed E-state index contributed by atoms with van der Waals surface area (Å²) in [5, 5.41) is 22.7. The van der Waals surface area contributed by atoms with Gasteiger partial charge in [-0.1, -0.05) is 69.2 Å². The number of benzene rings is 2. The van der Waals surface area contributed by atoms with Gasteiger partial charge in [0.25, 0.3) is 0 Å². The number of aliphatic hydroxyl groups is 1. The van der Waals surface area contributed by atoms with E-state index in [1.807, 2.05) is 54.6 Å². The Morgan fingerprint density at radius 3 is 2.13 bits per heavy atom. The monoisotopic (exact) mass is 682 g/mol. The topological polar surface area (TPSA) is 155 Å². The van der Waals surface area contributed by atoms with Crippen molar-refractivity contribution in [1.82, 2.24) is 21.3 Å². The van der Waals surface area contributed by atoms with Gasteiger partial charge in [-0.3, -0.25) is 14.4 Å². The highest BCUT2D eigenvalue weighted by molar-refractivity contribution is 7.44. The molecule has 0 saturated heterocycles. The Morgan fingerprint density at radius 1 is 0.891 bits per heavy atom. The van der Waals surface area contributed by atoms with E-state index in [4.69, 9.17) is 13.7 Å². The van der Waals surface area contributed by atoms with Crippen LogP contribution in [0.4, 0.5) is 0 Å². The maximum atomic E-state index is 13.6. The Kier molecular flexibility index (Phi) is 24.2. The van der Waals surface area contributed by atoms with Crippen LogP contribution >= 0.6 is 12.4 Å². The third-order valence-corrected chi connectivity index (χ3v) is 7.14. The second-order valence-electron chi connectivity index (χ2n) is 10.7. The number of methoxy groups -OCH3 is 1. The van der Waals surface area contributed by atoms with Gasteiger partial charge < -0.3 is 35.8 Å². The molecule has 0 aliphatic heterocycles. The SMILES string of the molecule is CCCC(CCC)OCC(NC(=O)CCC(=O)NC)C(=O)N[C@@H](Cc1ccccc1)[C@H](O)CNCc1cccc(OC)c1.Cl.O=S. The number of halogens is 1. The van der Waals surface area contributed by atoms with Crippen molar-refractivity contribution in [1.29, 1.82) is 0 Å². The summed E-state index contributed by atoms with van der Waals surface area (Å²) in [6.07, 6.45) is 2.97. The quantitative estimate of drug-likeness (QED) is 0.134. The van der Waals surface area contributed by atoms with Gasteiger partial charge in [-0.25, -0.2) is 0 Å². The molecule has 3 atom stereocenters. The summed E-state index contributed by atoms with van der Waals surface area (Å²) in [6.45, 7) is 4.88. The zero-order valence-corrected chi connectivity index (χ0v) is 28.9. The van der Waals surface area contributed by atoms with E-state index in [0.717, 1.165) is 42.6 Å². The van der Waals surface area contributed by atoms with Crippen molar-refractivity contribution in [2.45, 2.75) is 89.6 Å². The number of carbonyl (C=O) groups is 3. The number of nitrogens with one attached hydrogen (secondary N) is 4.